The highest BCUT2D eigenvalue weighted by Crippen LogP contribution is 2.36. The summed E-state index contributed by atoms with van der Waals surface area (Å²) in [6.07, 6.45) is -9.60. The van der Waals surface area contributed by atoms with E-state index in [4.69, 9.17) is 0 Å². The number of alkyl halides is 6. The van der Waals surface area contributed by atoms with Gasteiger partial charge in [-0.3, -0.25) is 0 Å². The van der Waals surface area contributed by atoms with Gasteiger partial charge < -0.3 is 5.73 Å². The number of quaternary nitrogens is 1. The van der Waals surface area contributed by atoms with Gasteiger partial charge in [-0.1, -0.05) is 0 Å². The van der Waals surface area contributed by atoms with Crippen LogP contribution in [0.15, 0.2) is 18.2 Å². The molecule has 0 heterocycles. The van der Waals surface area contributed by atoms with Crippen molar-refractivity contribution in [3.8, 4) is 0 Å². The van der Waals surface area contributed by atoms with Crippen LogP contribution >= 0.6 is 0 Å². The van der Waals surface area contributed by atoms with Crippen LogP contribution in [0.2, 0.25) is 0 Å². The maximum absolute atomic E-state index is 12.4. The van der Waals surface area contributed by atoms with E-state index in [2.05, 4.69) is 5.73 Å². The van der Waals surface area contributed by atoms with Gasteiger partial charge in [0.1, 0.15) is 6.04 Å². The van der Waals surface area contributed by atoms with Crippen molar-refractivity contribution in [3.63, 3.8) is 0 Å². The van der Waals surface area contributed by atoms with Gasteiger partial charge in [0, 0.05) is 5.56 Å². The van der Waals surface area contributed by atoms with Crippen LogP contribution in [0, 0.1) is 0 Å². The zero-order chi connectivity index (χ0) is 13.4. The normalized spacial score (nSPS) is 14.8. The molecule has 0 amide bonds. The first-order valence-corrected chi connectivity index (χ1v) is 4.64. The third-order valence-corrected chi connectivity index (χ3v) is 2.18. The van der Waals surface area contributed by atoms with Crippen LogP contribution in [-0.4, -0.2) is 0 Å². The van der Waals surface area contributed by atoms with Crippen LogP contribution in [0.4, 0.5) is 26.3 Å². The van der Waals surface area contributed by atoms with Crippen molar-refractivity contribution in [2.45, 2.75) is 25.3 Å². The van der Waals surface area contributed by atoms with Gasteiger partial charge in [-0.25, -0.2) is 0 Å². The minimum atomic E-state index is -4.80. The molecule has 1 atom stereocenters. The van der Waals surface area contributed by atoms with E-state index in [-0.39, 0.29) is 11.6 Å². The Morgan fingerprint density at radius 2 is 1.24 bits per heavy atom. The first-order chi connectivity index (χ1) is 7.51. The average Bonchev–Trinajstić information content (AvgIpc) is 2.14. The monoisotopic (exact) mass is 258 g/mol. The lowest BCUT2D eigenvalue weighted by Gasteiger charge is -2.14. The standard InChI is InChI=1S/C10H9F6N/c1-5(17)6-2-7(9(11,12)13)4-8(3-6)10(14,15)16/h2-5H,17H2,1H3/p+1/t5-/m1/s1. The maximum atomic E-state index is 12.4. The molecule has 7 heteroatoms. The molecule has 0 aliphatic rings. The van der Waals surface area contributed by atoms with Gasteiger partial charge in [-0.05, 0) is 25.1 Å². The molecule has 1 aromatic rings. The molecule has 0 saturated heterocycles. The van der Waals surface area contributed by atoms with Gasteiger partial charge >= 0.3 is 12.4 Å². The number of hydrogen-bond donors (Lipinski definition) is 1. The lowest BCUT2D eigenvalue weighted by atomic mass is 10.0. The third kappa shape index (κ3) is 3.36. The first kappa shape index (κ1) is 13.8. The van der Waals surface area contributed by atoms with Crippen molar-refractivity contribution in [3.05, 3.63) is 34.9 Å². The third-order valence-electron chi connectivity index (χ3n) is 2.18. The molecule has 1 aromatic carbocycles. The molecule has 0 aliphatic heterocycles. The summed E-state index contributed by atoms with van der Waals surface area (Å²) < 4.78 is 74.5. The second-order valence-corrected chi connectivity index (χ2v) is 3.74. The van der Waals surface area contributed by atoms with Gasteiger partial charge in [0.2, 0.25) is 0 Å². The van der Waals surface area contributed by atoms with E-state index in [1.54, 1.807) is 0 Å². The Morgan fingerprint density at radius 1 is 0.882 bits per heavy atom. The Bertz CT molecular complexity index is 372. The molecule has 3 N–H and O–H groups in total. The van der Waals surface area contributed by atoms with E-state index in [0.717, 1.165) is 0 Å². The molecule has 0 saturated carbocycles. The van der Waals surface area contributed by atoms with E-state index in [9.17, 15) is 26.3 Å². The zero-order valence-corrected chi connectivity index (χ0v) is 8.78. The summed E-state index contributed by atoms with van der Waals surface area (Å²) in [5.41, 5.74) is 0.715. The molecule has 0 radical (unpaired) electrons. The second kappa shape index (κ2) is 4.21. The molecular formula is C10H10F6N+. The minimum absolute atomic E-state index is 0.0906. The molecule has 1 nitrogen and oxygen atoms in total. The molecular weight excluding hydrogens is 248 g/mol. The number of benzene rings is 1. The lowest BCUT2D eigenvalue weighted by molar-refractivity contribution is -0.420. The average molecular weight is 258 g/mol. The van der Waals surface area contributed by atoms with Crippen molar-refractivity contribution < 1.29 is 32.1 Å². The van der Waals surface area contributed by atoms with Gasteiger partial charge in [0.25, 0.3) is 0 Å². The number of rotatable bonds is 1. The minimum Gasteiger partial charge on any atom is -0.352 e. The molecule has 17 heavy (non-hydrogen) atoms. The summed E-state index contributed by atoms with van der Waals surface area (Å²) in [5, 5.41) is 0. The van der Waals surface area contributed by atoms with Crippen LogP contribution in [0.3, 0.4) is 0 Å². The predicted octanol–water partition coefficient (Wildman–Crippen LogP) is 3.03. The Hall–Kier alpha value is -1.24. The smallest absolute Gasteiger partial charge is 0.352 e. The van der Waals surface area contributed by atoms with Gasteiger partial charge in [0.15, 0.2) is 0 Å². The summed E-state index contributed by atoms with van der Waals surface area (Å²) in [6, 6.07) is 0.824. The van der Waals surface area contributed by atoms with E-state index in [0.29, 0.717) is 12.1 Å². The van der Waals surface area contributed by atoms with E-state index in [1.807, 2.05) is 0 Å². The molecule has 0 aliphatic carbocycles. The highest BCUT2D eigenvalue weighted by atomic mass is 19.4. The lowest BCUT2D eigenvalue weighted by Crippen LogP contribution is -2.51. The first-order valence-electron chi connectivity index (χ1n) is 4.64. The maximum Gasteiger partial charge on any atom is 0.416 e. The Kier molecular flexibility index (Phi) is 3.42. The fraction of sp³-hybridized carbons (Fsp3) is 0.400. The van der Waals surface area contributed by atoms with Crippen LogP contribution in [-0.2, 0) is 12.4 Å². The Balaban J connectivity index is 3.40. The molecule has 0 unspecified atom stereocenters. The zero-order valence-electron chi connectivity index (χ0n) is 8.78. The van der Waals surface area contributed by atoms with Gasteiger partial charge in [-0.15, -0.1) is 0 Å². The van der Waals surface area contributed by atoms with Crippen molar-refractivity contribution >= 4 is 0 Å². The fourth-order valence-electron chi connectivity index (χ4n) is 1.26. The number of hydrogen-bond acceptors (Lipinski definition) is 0. The predicted molar refractivity (Wildman–Crippen MR) is 47.7 cm³/mol. The van der Waals surface area contributed by atoms with Crippen molar-refractivity contribution in [1.82, 2.24) is 0 Å². The van der Waals surface area contributed by atoms with E-state index in [1.165, 1.54) is 6.92 Å². The summed E-state index contributed by atoms with van der Waals surface area (Å²) >= 11 is 0. The van der Waals surface area contributed by atoms with Gasteiger partial charge in [0.05, 0.1) is 11.1 Å². The molecule has 0 bridgehead atoms. The summed E-state index contributed by atoms with van der Waals surface area (Å²) in [5.74, 6) is 0. The highest BCUT2D eigenvalue weighted by Gasteiger charge is 2.37. The van der Waals surface area contributed by atoms with Crippen molar-refractivity contribution in [2.24, 2.45) is 0 Å². The molecule has 0 fully saturated rings. The highest BCUT2D eigenvalue weighted by molar-refractivity contribution is 5.34. The topological polar surface area (TPSA) is 27.6 Å². The van der Waals surface area contributed by atoms with Crippen LogP contribution < -0.4 is 5.73 Å². The van der Waals surface area contributed by atoms with Crippen LogP contribution in [0.5, 0.6) is 0 Å². The second-order valence-electron chi connectivity index (χ2n) is 3.74. The summed E-state index contributed by atoms with van der Waals surface area (Å²) in [7, 11) is 0. The molecule has 1 rings (SSSR count). The Labute approximate surface area is 93.2 Å². The largest absolute Gasteiger partial charge is 0.416 e. The SMILES string of the molecule is C[C@@H]([NH3+])c1cc(C(F)(F)F)cc(C(F)(F)F)c1. The van der Waals surface area contributed by atoms with Crippen molar-refractivity contribution in [1.29, 1.82) is 0 Å². The van der Waals surface area contributed by atoms with Crippen LogP contribution in [0.25, 0.3) is 0 Å². The van der Waals surface area contributed by atoms with Gasteiger partial charge in [-0.2, -0.15) is 26.3 Å². The van der Waals surface area contributed by atoms with Crippen molar-refractivity contribution in [2.75, 3.05) is 0 Å². The number of halogens is 6. The molecule has 0 aromatic heterocycles. The summed E-state index contributed by atoms with van der Waals surface area (Å²) in [4.78, 5) is 0. The fourth-order valence-corrected chi connectivity index (χ4v) is 1.26. The quantitative estimate of drug-likeness (QED) is 0.750. The molecule has 96 valence electrons. The summed E-state index contributed by atoms with van der Waals surface area (Å²) in [6.45, 7) is 1.43. The van der Waals surface area contributed by atoms with Crippen LogP contribution in [0.1, 0.15) is 29.7 Å². The Morgan fingerprint density at radius 3 is 1.47 bits per heavy atom. The van der Waals surface area contributed by atoms with E-state index >= 15 is 0 Å². The molecule has 0 spiro atoms. The van der Waals surface area contributed by atoms with E-state index < -0.39 is 29.5 Å².